The second kappa shape index (κ2) is 6.07. The van der Waals surface area contributed by atoms with E-state index in [1.54, 1.807) is 12.1 Å². The molecule has 0 saturated carbocycles. The lowest BCUT2D eigenvalue weighted by Crippen LogP contribution is -2.12. The Bertz CT molecular complexity index is 793. The van der Waals surface area contributed by atoms with Crippen molar-refractivity contribution in [3.05, 3.63) is 53.6 Å². The molecule has 6 nitrogen and oxygen atoms in total. The Morgan fingerprint density at radius 2 is 1.77 bits per heavy atom. The van der Waals surface area contributed by atoms with Crippen molar-refractivity contribution in [2.45, 2.75) is 11.8 Å². The summed E-state index contributed by atoms with van der Waals surface area (Å²) in [6, 6.07) is 9.83. The summed E-state index contributed by atoms with van der Waals surface area (Å²) in [5, 5.41) is 18.3. The standard InChI is InChI=1S/C15H14O6S/c1-10-2-5-12(6-3-10)22(19,20)9-21-11-4-7-13(15(17)18)14(16)8-11/h2-8,16H,9H2,1H3,(H,17,18). The number of aryl methyl sites for hydroxylation is 1. The van der Waals surface area contributed by atoms with Crippen molar-refractivity contribution in [2.24, 2.45) is 0 Å². The molecule has 0 aromatic heterocycles. The second-order valence-corrected chi connectivity index (χ2v) is 6.61. The highest BCUT2D eigenvalue weighted by Gasteiger charge is 2.16. The summed E-state index contributed by atoms with van der Waals surface area (Å²) in [6.07, 6.45) is 0. The Labute approximate surface area is 127 Å². The van der Waals surface area contributed by atoms with Gasteiger partial charge in [0.1, 0.15) is 17.1 Å². The van der Waals surface area contributed by atoms with Crippen molar-refractivity contribution in [3.8, 4) is 11.5 Å². The van der Waals surface area contributed by atoms with E-state index in [1.165, 1.54) is 18.2 Å². The largest absolute Gasteiger partial charge is 0.507 e. The third kappa shape index (κ3) is 3.56. The number of aromatic carboxylic acids is 1. The summed E-state index contributed by atoms with van der Waals surface area (Å²) in [7, 11) is -3.63. The predicted molar refractivity (Wildman–Crippen MR) is 78.9 cm³/mol. The fourth-order valence-electron chi connectivity index (χ4n) is 1.74. The molecule has 2 rings (SSSR count). The zero-order valence-electron chi connectivity index (χ0n) is 11.7. The van der Waals surface area contributed by atoms with Gasteiger partial charge in [-0.2, -0.15) is 0 Å². The average Bonchev–Trinajstić information content (AvgIpc) is 2.45. The molecule has 0 aliphatic heterocycles. The first-order valence-corrected chi connectivity index (χ1v) is 7.93. The van der Waals surface area contributed by atoms with Crippen molar-refractivity contribution in [1.29, 1.82) is 0 Å². The van der Waals surface area contributed by atoms with Gasteiger partial charge in [0.05, 0.1) is 4.90 Å². The van der Waals surface area contributed by atoms with Gasteiger partial charge in [0, 0.05) is 6.07 Å². The summed E-state index contributed by atoms with van der Waals surface area (Å²) in [6.45, 7) is 1.85. The molecule has 22 heavy (non-hydrogen) atoms. The Morgan fingerprint density at radius 3 is 2.32 bits per heavy atom. The van der Waals surface area contributed by atoms with Gasteiger partial charge in [0.15, 0.2) is 5.94 Å². The van der Waals surface area contributed by atoms with Crippen LogP contribution in [0.2, 0.25) is 0 Å². The van der Waals surface area contributed by atoms with Gasteiger partial charge in [0.25, 0.3) is 0 Å². The number of carbonyl (C=O) groups is 1. The van der Waals surface area contributed by atoms with Crippen LogP contribution in [0, 0.1) is 6.92 Å². The second-order valence-electron chi connectivity index (χ2n) is 4.67. The summed E-state index contributed by atoms with van der Waals surface area (Å²) < 4.78 is 29.3. The highest BCUT2D eigenvalue weighted by Crippen LogP contribution is 2.24. The summed E-state index contributed by atoms with van der Waals surface area (Å²) in [5.41, 5.74) is 0.655. The number of aromatic hydroxyl groups is 1. The quantitative estimate of drug-likeness (QED) is 0.875. The van der Waals surface area contributed by atoms with Crippen molar-refractivity contribution >= 4 is 15.8 Å². The number of carboxylic acids is 1. The van der Waals surface area contributed by atoms with Crippen LogP contribution in [0.25, 0.3) is 0 Å². The summed E-state index contributed by atoms with van der Waals surface area (Å²) in [4.78, 5) is 10.9. The zero-order chi connectivity index (χ0) is 16.3. The molecule has 0 aliphatic rings. The van der Waals surface area contributed by atoms with Crippen LogP contribution in [-0.4, -0.2) is 30.5 Å². The van der Waals surface area contributed by atoms with E-state index in [0.717, 1.165) is 17.7 Å². The van der Waals surface area contributed by atoms with Crippen molar-refractivity contribution in [2.75, 3.05) is 5.94 Å². The average molecular weight is 322 g/mol. The maximum Gasteiger partial charge on any atom is 0.339 e. The third-order valence-corrected chi connectivity index (χ3v) is 4.38. The molecule has 0 spiro atoms. The molecule has 116 valence electrons. The number of ether oxygens (including phenoxy) is 1. The van der Waals surface area contributed by atoms with Crippen LogP contribution in [0.3, 0.4) is 0 Å². The van der Waals surface area contributed by atoms with Crippen LogP contribution in [0.4, 0.5) is 0 Å². The molecule has 0 fully saturated rings. The third-order valence-electron chi connectivity index (χ3n) is 2.96. The Balaban J connectivity index is 2.14. The molecule has 0 saturated heterocycles. The van der Waals surface area contributed by atoms with Gasteiger partial charge < -0.3 is 14.9 Å². The first-order valence-electron chi connectivity index (χ1n) is 6.28. The molecular formula is C15H14O6S. The molecule has 2 N–H and O–H groups in total. The van der Waals surface area contributed by atoms with Gasteiger partial charge in [0.2, 0.25) is 9.84 Å². The van der Waals surface area contributed by atoms with Crippen molar-refractivity contribution in [1.82, 2.24) is 0 Å². The Morgan fingerprint density at radius 1 is 1.14 bits per heavy atom. The van der Waals surface area contributed by atoms with Gasteiger partial charge >= 0.3 is 5.97 Å². The smallest absolute Gasteiger partial charge is 0.339 e. The highest BCUT2D eigenvalue weighted by molar-refractivity contribution is 7.91. The van der Waals surface area contributed by atoms with Gasteiger partial charge in [-0.05, 0) is 31.2 Å². The number of phenols is 1. The highest BCUT2D eigenvalue weighted by atomic mass is 32.2. The van der Waals surface area contributed by atoms with Crippen molar-refractivity contribution < 1.29 is 28.2 Å². The number of hydrogen-bond donors (Lipinski definition) is 2. The van der Waals surface area contributed by atoms with Crippen molar-refractivity contribution in [3.63, 3.8) is 0 Å². The zero-order valence-corrected chi connectivity index (χ0v) is 12.5. The van der Waals surface area contributed by atoms with Crippen LogP contribution >= 0.6 is 0 Å². The van der Waals surface area contributed by atoms with Gasteiger partial charge in [-0.1, -0.05) is 17.7 Å². The maximum absolute atomic E-state index is 12.1. The monoisotopic (exact) mass is 322 g/mol. The minimum atomic E-state index is -3.63. The summed E-state index contributed by atoms with van der Waals surface area (Å²) >= 11 is 0. The molecule has 0 amide bonds. The van der Waals surface area contributed by atoms with E-state index >= 15 is 0 Å². The topological polar surface area (TPSA) is 101 Å². The van der Waals surface area contributed by atoms with Crippen LogP contribution in [0.5, 0.6) is 11.5 Å². The molecule has 2 aromatic carbocycles. The normalized spacial score (nSPS) is 11.1. The van der Waals surface area contributed by atoms with E-state index in [2.05, 4.69) is 0 Å². The van der Waals surface area contributed by atoms with E-state index in [-0.39, 0.29) is 16.2 Å². The molecule has 7 heteroatoms. The summed E-state index contributed by atoms with van der Waals surface area (Å²) in [5.74, 6) is -2.31. The first kappa shape index (κ1) is 15.8. The van der Waals surface area contributed by atoms with E-state index in [4.69, 9.17) is 9.84 Å². The van der Waals surface area contributed by atoms with Crippen LogP contribution in [0.15, 0.2) is 47.4 Å². The molecule has 0 radical (unpaired) electrons. The van der Waals surface area contributed by atoms with Crippen LogP contribution in [0.1, 0.15) is 15.9 Å². The minimum absolute atomic E-state index is 0.0678. The number of carboxylic acid groups (broad SMARTS) is 1. The van der Waals surface area contributed by atoms with E-state index in [9.17, 15) is 18.3 Å². The lowest BCUT2D eigenvalue weighted by molar-refractivity contribution is 0.0693. The van der Waals surface area contributed by atoms with Gasteiger partial charge in [-0.15, -0.1) is 0 Å². The Hall–Kier alpha value is -2.54. The molecule has 2 aromatic rings. The lowest BCUT2D eigenvalue weighted by atomic mass is 10.2. The van der Waals surface area contributed by atoms with Gasteiger partial charge in [-0.25, -0.2) is 13.2 Å². The SMILES string of the molecule is Cc1ccc(S(=O)(=O)COc2ccc(C(=O)O)c(O)c2)cc1. The Kier molecular flexibility index (Phi) is 4.37. The fraction of sp³-hybridized carbons (Fsp3) is 0.133. The maximum atomic E-state index is 12.1. The minimum Gasteiger partial charge on any atom is -0.507 e. The van der Waals surface area contributed by atoms with Crippen LogP contribution in [-0.2, 0) is 9.84 Å². The van der Waals surface area contributed by atoms with E-state index in [1.807, 2.05) is 6.92 Å². The molecule has 0 heterocycles. The molecule has 0 bridgehead atoms. The number of benzene rings is 2. The van der Waals surface area contributed by atoms with Crippen LogP contribution < -0.4 is 4.74 Å². The molecular weight excluding hydrogens is 308 g/mol. The van der Waals surface area contributed by atoms with E-state index < -0.39 is 27.5 Å². The fourth-order valence-corrected chi connectivity index (χ4v) is 2.72. The van der Waals surface area contributed by atoms with E-state index in [0.29, 0.717) is 0 Å². The molecule has 0 aliphatic carbocycles. The first-order chi connectivity index (χ1) is 10.3. The predicted octanol–water partition coefficient (Wildman–Crippen LogP) is 2.21. The lowest BCUT2D eigenvalue weighted by Gasteiger charge is -2.09. The number of sulfone groups is 1. The molecule has 0 atom stereocenters. The number of rotatable bonds is 5. The molecule has 0 unspecified atom stereocenters. The van der Waals surface area contributed by atoms with Gasteiger partial charge in [-0.3, -0.25) is 0 Å². The number of hydrogen-bond acceptors (Lipinski definition) is 5.